The Bertz CT molecular complexity index is 415. The third-order valence-electron chi connectivity index (χ3n) is 3.01. The van der Waals surface area contributed by atoms with Crippen molar-refractivity contribution in [2.24, 2.45) is 0 Å². The van der Waals surface area contributed by atoms with E-state index in [0.717, 1.165) is 31.6 Å². The number of benzene rings is 1. The molecule has 1 heterocycles. The van der Waals surface area contributed by atoms with Crippen LogP contribution in [0.25, 0.3) is 0 Å². The molecule has 0 aromatic heterocycles. The van der Waals surface area contributed by atoms with Crippen LogP contribution in [0.4, 0.5) is 0 Å². The highest BCUT2D eigenvalue weighted by atomic mass is 35.5. The van der Waals surface area contributed by atoms with Gasteiger partial charge in [0.2, 0.25) is 0 Å². The van der Waals surface area contributed by atoms with E-state index in [-0.39, 0.29) is 24.1 Å². The van der Waals surface area contributed by atoms with E-state index in [9.17, 15) is 9.90 Å². The number of aryl methyl sites for hydroxylation is 1. The Morgan fingerprint density at radius 2 is 2.11 bits per heavy atom. The second-order valence-electron chi connectivity index (χ2n) is 4.42. The summed E-state index contributed by atoms with van der Waals surface area (Å²) in [5, 5.41) is 13.0. The number of hydrogen-bond donors (Lipinski definition) is 2. The van der Waals surface area contributed by atoms with Crippen LogP contribution in [0.2, 0.25) is 0 Å². The third kappa shape index (κ3) is 3.37. The van der Waals surface area contributed by atoms with E-state index in [1.54, 1.807) is 23.1 Å². The monoisotopic (exact) mass is 270 g/mol. The molecular weight excluding hydrogens is 252 g/mol. The Labute approximate surface area is 113 Å². The van der Waals surface area contributed by atoms with Gasteiger partial charge in [-0.05, 0) is 32.0 Å². The molecule has 18 heavy (non-hydrogen) atoms. The van der Waals surface area contributed by atoms with E-state index in [4.69, 9.17) is 0 Å². The van der Waals surface area contributed by atoms with E-state index in [1.807, 2.05) is 6.92 Å². The largest absolute Gasteiger partial charge is 0.507 e. The van der Waals surface area contributed by atoms with Gasteiger partial charge in [0.15, 0.2) is 0 Å². The predicted molar refractivity (Wildman–Crippen MR) is 73.5 cm³/mol. The van der Waals surface area contributed by atoms with Gasteiger partial charge >= 0.3 is 0 Å². The summed E-state index contributed by atoms with van der Waals surface area (Å²) in [4.78, 5) is 14.1. The number of phenols is 1. The molecule has 5 heteroatoms. The third-order valence-corrected chi connectivity index (χ3v) is 3.01. The average Bonchev–Trinajstić information content (AvgIpc) is 2.60. The van der Waals surface area contributed by atoms with Crippen LogP contribution in [-0.2, 0) is 0 Å². The van der Waals surface area contributed by atoms with Crippen LogP contribution in [0, 0.1) is 6.92 Å². The topological polar surface area (TPSA) is 52.6 Å². The summed E-state index contributed by atoms with van der Waals surface area (Å²) in [7, 11) is 0. The van der Waals surface area contributed by atoms with Gasteiger partial charge in [0.25, 0.3) is 5.91 Å². The number of phenolic OH excluding ortho intramolecular Hbond substituents is 1. The van der Waals surface area contributed by atoms with Crippen LogP contribution >= 0.6 is 12.4 Å². The van der Waals surface area contributed by atoms with Crippen molar-refractivity contribution in [2.75, 3.05) is 26.2 Å². The molecule has 2 N–H and O–H groups in total. The molecule has 100 valence electrons. The lowest BCUT2D eigenvalue weighted by molar-refractivity contribution is 0.0763. The van der Waals surface area contributed by atoms with Gasteiger partial charge in [-0.25, -0.2) is 0 Å². The predicted octanol–water partition coefficient (Wildman–Crippen LogP) is 1.56. The Hall–Kier alpha value is -1.26. The van der Waals surface area contributed by atoms with Crippen molar-refractivity contribution in [1.29, 1.82) is 0 Å². The number of hydrogen-bond acceptors (Lipinski definition) is 3. The summed E-state index contributed by atoms with van der Waals surface area (Å²) >= 11 is 0. The summed E-state index contributed by atoms with van der Waals surface area (Å²) in [6.07, 6.45) is 0.957. The minimum absolute atomic E-state index is 0. The van der Waals surface area contributed by atoms with Crippen molar-refractivity contribution in [3.8, 4) is 5.75 Å². The van der Waals surface area contributed by atoms with Gasteiger partial charge in [0.05, 0.1) is 5.56 Å². The van der Waals surface area contributed by atoms with E-state index in [1.165, 1.54) is 0 Å². The highest BCUT2D eigenvalue weighted by Gasteiger charge is 2.19. The molecule has 0 spiro atoms. The first-order valence-electron chi connectivity index (χ1n) is 5.98. The molecule has 0 saturated carbocycles. The fourth-order valence-corrected chi connectivity index (χ4v) is 2.04. The zero-order valence-corrected chi connectivity index (χ0v) is 11.3. The highest BCUT2D eigenvalue weighted by Crippen LogP contribution is 2.20. The van der Waals surface area contributed by atoms with Gasteiger partial charge in [-0.3, -0.25) is 4.79 Å². The summed E-state index contributed by atoms with van der Waals surface area (Å²) in [6, 6.07) is 5.13. The summed E-state index contributed by atoms with van der Waals surface area (Å²) < 4.78 is 0. The molecule has 0 radical (unpaired) electrons. The minimum atomic E-state index is -0.0742. The van der Waals surface area contributed by atoms with E-state index in [0.29, 0.717) is 12.1 Å². The molecule has 1 aliphatic rings. The molecule has 0 atom stereocenters. The first-order chi connectivity index (χ1) is 8.18. The molecule has 4 nitrogen and oxygen atoms in total. The van der Waals surface area contributed by atoms with Crippen LogP contribution in [0.1, 0.15) is 22.3 Å². The lowest BCUT2D eigenvalue weighted by Gasteiger charge is -2.20. The number of carbonyl (C=O) groups excluding carboxylic acids is 1. The summed E-state index contributed by atoms with van der Waals surface area (Å²) in [5.41, 5.74) is 1.39. The molecule has 0 aliphatic carbocycles. The smallest absolute Gasteiger partial charge is 0.257 e. The van der Waals surface area contributed by atoms with Gasteiger partial charge in [0, 0.05) is 19.6 Å². The standard InChI is InChI=1S/C13H18N2O2.ClH/c1-10-3-4-12(16)11(9-10)13(17)15-7-2-5-14-6-8-15;/h3-4,9,14,16H,2,5-8H2,1H3;1H. The first-order valence-corrected chi connectivity index (χ1v) is 5.98. The number of nitrogens with one attached hydrogen (secondary N) is 1. The summed E-state index contributed by atoms with van der Waals surface area (Å²) in [5.74, 6) is -0.00675. The number of amides is 1. The van der Waals surface area contributed by atoms with Gasteiger partial charge in [-0.2, -0.15) is 0 Å². The highest BCUT2D eigenvalue weighted by molar-refractivity contribution is 5.97. The second kappa shape index (κ2) is 6.61. The fourth-order valence-electron chi connectivity index (χ4n) is 2.04. The van der Waals surface area contributed by atoms with Gasteiger partial charge in [-0.15, -0.1) is 12.4 Å². The van der Waals surface area contributed by atoms with Crippen LogP contribution in [0.3, 0.4) is 0 Å². The Morgan fingerprint density at radius 3 is 2.89 bits per heavy atom. The Morgan fingerprint density at radius 1 is 1.33 bits per heavy atom. The van der Waals surface area contributed by atoms with Crippen molar-refractivity contribution >= 4 is 18.3 Å². The average molecular weight is 271 g/mol. The first kappa shape index (κ1) is 14.8. The van der Waals surface area contributed by atoms with Crippen LogP contribution < -0.4 is 5.32 Å². The zero-order chi connectivity index (χ0) is 12.3. The van der Waals surface area contributed by atoms with E-state index in [2.05, 4.69) is 5.32 Å². The molecule has 2 rings (SSSR count). The molecule has 0 unspecified atom stereocenters. The molecule has 1 saturated heterocycles. The number of rotatable bonds is 1. The Balaban J connectivity index is 0.00000162. The number of aromatic hydroxyl groups is 1. The molecular formula is C13H19ClN2O2. The quantitative estimate of drug-likeness (QED) is 0.814. The van der Waals surface area contributed by atoms with Gasteiger partial charge in [0.1, 0.15) is 5.75 Å². The fraction of sp³-hybridized carbons (Fsp3) is 0.462. The van der Waals surface area contributed by atoms with Crippen LogP contribution in [0.15, 0.2) is 18.2 Å². The lowest BCUT2D eigenvalue weighted by atomic mass is 10.1. The molecule has 1 amide bonds. The number of carbonyl (C=O) groups is 1. The normalized spacial score (nSPS) is 15.7. The number of halogens is 1. The Kier molecular flexibility index (Phi) is 5.44. The molecule has 1 aromatic carbocycles. The molecule has 0 bridgehead atoms. The number of nitrogens with zero attached hydrogens (tertiary/aromatic N) is 1. The van der Waals surface area contributed by atoms with Crippen molar-refractivity contribution in [1.82, 2.24) is 10.2 Å². The lowest BCUT2D eigenvalue weighted by Crippen LogP contribution is -2.34. The van der Waals surface area contributed by atoms with E-state index >= 15 is 0 Å². The summed E-state index contributed by atoms with van der Waals surface area (Å²) in [6.45, 7) is 5.13. The van der Waals surface area contributed by atoms with Crippen molar-refractivity contribution < 1.29 is 9.90 Å². The molecule has 1 aliphatic heterocycles. The van der Waals surface area contributed by atoms with Crippen molar-refractivity contribution in [2.45, 2.75) is 13.3 Å². The van der Waals surface area contributed by atoms with E-state index < -0.39 is 0 Å². The molecule has 1 fully saturated rings. The van der Waals surface area contributed by atoms with Crippen molar-refractivity contribution in [3.05, 3.63) is 29.3 Å². The maximum atomic E-state index is 12.3. The van der Waals surface area contributed by atoms with Gasteiger partial charge in [-0.1, -0.05) is 11.6 Å². The van der Waals surface area contributed by atoms with Crippen molar-refractivity contribution in [3.63, 3.8) is 0 Å². The van der Waals surface area contributed by atoms with Gasteiger partial charge < -0.3 is 15.3 Å². The molecule has 1 aromatic rings. The SMILES string of the molecule is Cc1ccc(O)c(C(=O)N2CCCNCC2)c1.Cl. The van der Waals surface area contributed by atoms with Crippen LogP contribution in [0.5, 0.6) is 5.75 Å². The van der Waals surface area contributed by atoms with Crippen LogP contribution in [-0.4, -0.2) is 42.1 Å². The minimum Gasteiger partial charge on any atom is -0.507 e. The second-order valence-corrected chi connectivity index (χ2v) is 4.42. The maximum Gasteiger partial charge on any atom is 0.257 e. The zero-order valence-electron chi connectivity index (χ0n) is 10.5. The maximum absolute atomic E-state index is 12.3.